The maximum Gasteiger partial charge on any atom is 0.337 e. The predicted molar refractivity (Wildman–Crippen MR) is 139 cm³/mol. The molecule has 1 heterocycles. The molecule has 0 saturated carbocycles. The molecular weight excluding hydrogens is 506 g/mol. The summed E-state index contributed by atoms with van der Waals surface area (Å²) in [5.74, 6) is -2.71. The number of rotatable bonds is 7. The number of para-hydroxylation sites is 1. The number of amides is 3. The lowest BCUT2D eigenvalue weighted by atomic mass is 10.1. The molecule has 192 valence electrons. The van der Waals surface area contributed by atoms with E-state index >= 15 is 0 Å². The molecule has 3 amide bonds. The zero-order valence-corrected chi connectivity index (χ0v) is 19.9. The zero-order valence-electron chi connectivity index (χ0n) is 19.9. The van der Waals surface area contributed by atoms with Crippen LogP contribution in [0.3, 0.4) is 0 Å². The van der Waals surface area contributed by atoms with Gasteiger partial charge in [-0.2, -0.15) is 0 Å². The van der Waals surface area contributed by atoms with E-state index in [0.29, 0.717) is 0 Å². The Hall–Kier alpha value is -5.84. The summed E-state index contributed by atoms with van der Waals surface area (Å²) in [6.07, 6.45) is 0. The summed E-state index contributed by atoms with van der Waals surface area (Å²) in [7, 11) is 0. The molecular formula is C28H17N3O8. The van der Waals surface area contributed by atoms with Crippen molar-refractivity contribution in [3.8, 4) is 11.5 Å². The van der Waals surface area contributed by atoms with Crippen molar-refractivity contribution in [1.29, 1.82) is 0 Å². The standard InChI is InChI=1S/C28H17N3O8/c32-25(29-24-10-2-1-9-22(24)28(35)36)16-5-3-6-17(13-16)30-26(33)21-12-11-20(15-23(21)27(30)34)39-19-8-4-7-18(14-19)31(37)38/h1-15H,(H,29,32)(H,35,36). The van der Waals surface area contributed by atoms with Crippen LogP contribution in [0.4, 0.5) is 17.1 Å². The summed E-state index contributed by atoms with van der Waals surface area (Å²) >= 11 is 0. The molecule has 0 fully saturated rings. The second kappa shape index (κ2) is 9.90. The van der Waals surface area contributed by atoms with Crippen LogP contribution >= 0.6 is 0 Å². The SMILES string of the molecule is O=C(Nc1ccccc1C(=O)O)c1cccc(N2C(=O)c3ccc(Oc4cccc([N+](=O)[O-])c4)cc3C2=O)c1. The van der Waals surface area contributed by atoms with Crippen LogP contribution in [0.2, 0.25) is 0 Å². The first-order chi connectivity index (χ1) is 18.7. The number of hydrogen-bond acceptors (Lipinski definition) is 7. The van der Waals surface area contributed by atoms with E-state index in [9.17, 15) is 34.4 Å². The Balaban J connectivity index is 1.39. The number of anilines is 2. The minimum Gasteiger partial charge on any atom is -0.478 e. The molecule has 0 radical (unpaired) electrons. The fourth-order valence-electron chi connectivity index (χ4n) is 4.07. The molecule has 11 heteroatoms. The van der Waals surface area contributed by atoms with Gasteiger partial charge in [-0.15, -0.1) is 0 Å². The van der Waals surface area contributed by atoms with Crippen molar-refractivity contribution in [2.24, 2.45) is 0 Å². The Morgan fingerprint density at radius 3 is 2.31 bits per heavy atom. The van der Waals surface area contributed by atoms with Crippen molar-refractivity contribution < 1.29 is 33.9 Å². The van der Waals surface area contributed by atoms with E-state index in [1.54, 1.807) is 6.07 Å². The number of non-ortho nitro benzene ring substituents is 1. The molecule has 2 N–H and O–H groups in total. The number of imide groups is 1. The number of fused-ring (bicyclic) bond motifs is 1. The van der Waals surface area contributed by atoms with Crippen LogP contribution in [-0.4, -0.2) is 33.7 Å². The number of nitrogens with one attached hydrogen (secondary N) is 1. The van der Waals surface area contributed by atoms with Crippen LogP contribution in [0.25, 0.3) is 0 Å². The van der Waals surface area contributed by atoms with Gasteiger partial charge in [0.2, 0.25) is 0 Å². The average molecular weight is 523 g/mol. The summed E-state index contributed by atoms with van der Waals surface area (Å²) in [4.78, 5) is 62.1. The minimum atomic E-state index is -1.21. The first kappa shape index (κ1) is 24.8. The lowest BCUT2D eigenvalue weighted by Gasteiger charge is -2.15. The molecule has 0 aliphatic carbocycles. The van der Waals surface area contributed by atoms with Gasteiger partial charge < -0.3 is 15.2 Å². The molecule has 4 aromatic rings. The first-order valence-corrected chi connectivity index (χ1v) is 11.4. The van der Waals surface area contributed by atoms with Gasteiger partial charge in [0.05, 0.1) is 39.1 Å². The second-order valence-electron chi connectivity index (χ2n) is 8.36. The fraction of sp³-hybridized carbons (Fsp3) is 0. The highest BCUT2D eigenvalue weighted by molar-refractivity contribution is 6.34. The Morgan fingerprint density at radius 2 is 1.54 bits per heavy atom. The smallest absolute Gasteiger partial charge is 0.337 e. The molecule has 4 aromatic carbocycles. The maximum absolute atomic E-state index is 13.2. The Kier molecular flexibility index (Phi) is 6.31. The minimum absolute atomic E-state index is 0.0631. The largest absolute Gasteiger partial charge is 0.478 e. The first-order valence-electron chi connectivity index (χ1n) is 11.4. The van der Waals surface area contributed by atoms with Gasteiger partial charge in [0.25, 0.3) is 23.4 Å². The van der Waals surface area contributed by atoms with Gasteiger partial charge in [-0.1, -0.05) is 24.3 Å². The maximum atomic E-state index is 13.2. The number of carbonyl (C=O) groups excluding carboxylic acids is 3. The number of nitro groups is 1. The van der Waals surface area contributed by atoms with E-state index in [4.69, 9.17) is 4.74 Å². The number of benzene rings is 4. The second-order valence-corrected chi connectivity index (χ2v) is 8.36. The number of nitrogens with zero attached hydrogens (tertiary/aromatic N) is 2. The molecule has 0 bridgehead atoms. The third kappa shape index (κ3) is 4.79. The van der Waals surface area contributed by atoms with Crippen molar-refractivity contribution in [1.82, 2.24) is 0 Å². The van der Waals surface area contributed by atoms with Gasteiger partial charge in [0.1, 0.15) is 11.5 Å². The lowest BCUT2D eigenvalue weighted by molar-refractivity contribution is -0.384. The number of nitro benzene ring substituents is 1. The van der Waals surface area contributed by atoms with Crippen LogP contribution in [0.5, 0.6) is 11.5 Å². The number of carbonyl (C=O) groups is 4. The van der Waals surface area contributed by atoms with E-state index in [2.05, 4.69) is 5.32 Å². The molecule has 1 aliphatic rings. The number of hydrogen-bond donors (Lipinski definition) is 2. The van der Waals surface area contributed by atoms with Crippen LogP contribution in [0, 0.1) is 10.1 Å². The van der Waals surface area contributed by atoms with Gasteiger partial charge in [-0.25, -0.2) is 9.69 Å². The summed E-state index contributed by atoms with van der Waals surface area (Å²) in [5, 5.41) is 22.9. The van der Waals surface area contributed by atoms with Crippen LogP contribution in [0.1, 0.15) is 41.4 Å². The Bertz CT molecular complexity index is 1700. The topological polar surface area (TPSA) is 156 Å². The van der Waals surface area contributed by atoms with E-state index in [1.807, 2.05) is 0 Å². The number of aromatic carboxylic acids is 1. The lowest BCUT2D eigenvalue weighted by Crippen LogP contribution is -2.29. The fourth-order valence-corrected chi connectivity index (χ4v) is 4.07. The van der Waals surface area contributed by atoms with E-state index < -0.39 is 28.6 Å². The molecule has 1 aliphatic heterocycles. The summed E-state index contributed by atoms with van der Waals surface area (Å²) in [6, 6.07) is 21.5. The molecule has 39 heavy (non-hydrogen) atoms. The molecule has 0 spiro atoms. The third-order valence-corrected chi connectivity index (χ3v) is 5.89. The van der Waals surface area contributed by atoms with Gasteiger partial charge in [-0.05, 0) is 54.6 Å². The number of ether oxygens (including phenoxy) is 1. The molecule has 0 aromatic heterocycles. The monoisotopic (exact) mass is 523 g/mol. The molecule has 0 saturated heterocycles. The molecule has 0 unspecified atom stereocenters. The van der Waals surface area contributed by atoms with Gasteiger partial charge in [-0.3, -0.25) is 24.5 Å². The third-order valence-electron chi connectivity index (χ3n) is 5.89. The van der Waals surface area contributed by atoms with Crippen LogP contribution < -0.4 is 15.0 Å². The normalized spacial score (nSPS) is 12.2. The van der Waals surface area contributed by atoms with E-state index in [-0.39, 0.29) is 50.8 Å². The number of carboxylic acid groups (broad SMARTS) is 1. The van der Waals surface area contributed by atoms with E-state index in [1.165, 1.54) is 84.9 Å². The molecule has 5 rings (SSSR count). The van der Waals surface area contributed by atoms with Crippen molar-refractivity contribution in [3.63, 3.8) is 0 Å². The highest BCUT2D eigenvalue weighted by Gasteiger charge is 2.37. The van der Waals surface area contributed by atoms with Crippen molar-refractivity contribution in [2.75, 3.05) is 10.2 Å². The Morgan fingerprint density at radius 1 is 0.821 bits per heavy atom. The van der Waals surface area contributed by atoms with Crippen molar-refractivity contribution in [2.45, 2.75) is 0 Å². The van der Waals surface area contributed by atoms with Crippen LogP contribution in [-0.2, 0) is 0 Å². The zero-order chi connectivity index (χ0) is 27.7. The predicted octanol–water partition coefficient (Wildman–Crippen LogP) is 5.14. The van der Waals surface area contributed by atoms with Gasteiger partial charge in [0.15, 0.2) is 0 Å². The quantitative estimate of drug-likeness (QED) is 0.192. The van der Waals surface area contributed by atoms with Crippen molar-refractivity contribution in [3.05, 3.63) is 123 Å². The molecule has 11 nitrogen and oxygen atoms in total. The van der Waals surface area contributed by atoms with E-state index in [0.717, 1.165) is 4.90 Å². The van der Waals surface area contributed by atoms with Gasteiger partial charge >= 0.3 is 5.97 Å². The van der Waals surface area contributed by atoms with Gasteiger partial charge in [0, 0.05) is 11.6 Å². The average Bonchev–Trinajstić information content (AvgIpc) is 3.18. The Labute approximate surface area is 220 Å². The summed E-state index contributed by atoms with van der Waals surface area (Å²) < 4.78 is 5.67. The number of carboxylic acids is 1. The van der Waals surface area contributed by atoms with Crippen LogP contribution in [0.15, 0.2) is 91.0 Å². The highest BCUT2D eigenvalue weighted by Crippen LogP contribution is 2.33. The summed E-state index contributed by atoms with van der Waals surface area (Å²) in [5.41, 5.74) is 0.259. The summed E-state index contributed by atoms with van der Waals surface area (Å²) in [6.45, 7) is 0. The van der Waals surface area contributed by atoms with Crippen molar-refractivity contribution >= 4 is 40.8 Å². The highest BCUT2D eigenvalue weighted by atomic mass is 16.6. The molecule has 0 atom stereocenters.